The first-order valence-electron chi connectivity index (χ1n) is 11.8. The Bertz CT molecular complexity index is 1500. The van der Waals surface area contributed by atoms with Gasteiger partial charge in [-0.1, -0.05) is 31.2 Å². The second-order valence-corrected chi connectivity index (χ2v) is 9.42. The molecule has 0 unspecified atom stereocenters. The second-order valence-electron chi connectivity index (χ2n) is 9.42. The number of hydrogen-bond donors (Lipinski definition) is 2. The van der Waals surface area contributed by atoms with E-state index in [9.17, 15) is 13.2 Å². The van der Waals surface area contributed by atoms with Gasteiger partial charge in [-0.15, -0.1) is 24.0 Å². The van der Waals surface area contributed by atoms with E-state index in [0.29, 0.717) is 40.8 Å². The molecule has 2 N–H and O–H groups in total. The van der Waals surface area contributed by atoms with Crippen LogP contribution in [0.2, 0.25) is 0 Å². The van der Waals surface area contributed by atoms with Crippen LogP contribution in [0, 0.1) is 5.41 Å². The maximum atomic E-state index is 13.0. The summed E-state index contributed by atoms with van der Waals surface area (Å²) < 4.78 is 45.9. The molecule has 0 atom stereocenters. The molecule has 1 aliphatic rings. The number of imidazole rings is 1. The van der Waals surface area contributed by atoms with Crippen LogP contribution < -0.4 is 10.1 Å². The molecular weight excluding hydrogens is 624 g/mol. The van der Waals surface area contributed by atoms with E-state index in [-0.39, 0.29) is 35.2 Å². The normalized spacial score (nSPS) is 13.9. The number of rotatable bonds is 8. The summed E-state index contributed by atoms with van der Waals surface area (Å²) in [4.78, 5) is 21.7. The number of aryl methyl sites for hydroxylation is 1. The first kappa shape index (κ1) is 28.4. The minimum absolute atomic E-state index is 0. The first-order chi connectivity index (χ1) is 18.1. The number of methoxy groups -OCH3 is 1. The van der Waals surface area contributed by atoms with Crippen molar-refractivity contribution in [3.8, 4) is 28.7 Å². The number of benzene rings is 1. The average Bonchev–Trinajstić information content (AvgIpc) is 3.54. The number of hydrogen-bond acceptors (Lipinski definition) is 8. The minimum Gasteiger partial charge on any atom is -0.480 e. The molecule has 1 aliphatic carbocycles. The van der Waals surface area contributed by atoms with Gasteiger partial charge >= 0.3 is 6.18 Å². The SMILES string of the molecule is COc1ncnc(C2(C)CC2)c1-c1ncc(C=N)c(NCc2ccc(-c3nc(C(F)(F)F)cn3C)cc2)n1.I. The summed E-state index contributed by atoms with van der Waals surface area (Å²) in [7, 11) is 3.06. The molecule has 204 valence electrons. The quantitative estimate of drug-likeness (QED) is 0.188. The van der Waals surface area contributed by atoms with Crippen molar-refractivity contribution < 1.29 is 17.9 Å². The third-order valence-corrected chi connectivity index (χ3v) is 6.61. The molecular formula is C26H26F3IN8O. The summed E-state index contributed by atoms with van der Waals surface area (Å²) in [6.07, 6.45) is 2.66. The van der Waals surface area contributed by atoms with Gasteiger partial charge < -0.3 is 20.0 Å². The van der Waals surface area contributed by atoms with Gasteiger partial charge in [-0.25, -0.2) is 24.9 Å². The number of alkyl halides is 3. The fourth-order valence-electron chi connectivity index (χ4n) is 4.20. The van der Waals surface area contributed by atoms with Crippen LogP contribution >= 0.6 is 24.0 Å². The molecule has 39 heavy (non-hydrogen) atoms. The van der Waals surface area contributed by atoms with Gasteiger partial charge in [-0.05, 0) is 18.4 Å². The number of ether oxygens (including phenoxy) is 1. The summed E-state index contributed by atoms with van der Waals surface area (Å²) in [5.74, 6) is 1.45. The van der Waals surface area contributed by atoms with E-state index in [2.05, 4.69) is 37.2 Å². The molecule has 3 aromatic heterocycles. The molecule has 9 nitrogen and oxygen atoms in total. The Balaban J connectivity index is 0.00000353. The molecule has 1 saturated carbocycles. The summed E-state index contributed by atoms with van der Waals surface area (Å²) >= 11 is 0. The summed E-state index contributed by atoms with van der Waals surface area (Å²) in [6, 6.07) is 7.04. The molecule has 1 aromatic carbocycles. The summed E-state index contributed by atoms with van der Waals surface area (Å²) in [5, 5.41) is 11.0. The molecule has 1 fully saturated rings. The first-order valence-corrected chi connectivity index (χ1v) is 11.8. The van der Waals surface area contributed by atoms with Gasteiger partial charge in [0.25, 0.3) is 0 Å². The maximum Gasteiger partial charge on any atom is 0.434 e. The van der Waals surface area contributed by atoms with Crippen molar-refractivity contribution in [1.82, 2.24) is 29.5 Å². The molecule has 0 saturated heterocycles. The van der Waals surface area contributed by atoms with Gasteiger partial charge in [-0.2, -0.15) is 13.2 Å². The highest BCUT2D eigenvalue weighted by molar-refractivity contribution is 14.0. The Morgan fingerprint density at radius 2 is 1.85 bits per heavy atom. The predicted molar refractivity (Wildman–Crippen MR) is 150 cm³/mol. The Labute approximate surface area is 239 Å². The Kier molecular flexibility index (Phi) is 7.91. The number of anilines is 1. The number of halogens is 4. The second kappa shape index (κ2) is 10.9. The van der Waals surface area contributed by atoms with E-state index < -0.39 is 11.9 Å². The Morgan fingerprint density at radius 1 is 1.13 bits per heavy atom. The van der Waals surface area contributed by atoms with Crippen molar-refractivity contribution in [1.29, 1.82) is 5.41 Å². The van der Waals surface area contributed by atoms with Crippen LogP contribution in [0.5, 0.6) is 5.88 Å². The number of nitrogens with zero attached hydrogens (tertiary/aromatic N) is 6. The zero-order valence-electron chi connectivity index (χ0n) is 21.4. The largest absolute Gasteiger partial charge is 0.480 e. The van der Waals surface area contributed by atoms with Gasteiger partial charge in [0, 0.05) is 43.2 Å². The van der Waals surface area contributed by atoms with E-state index in [1.54, 1.807) is 30.5 Å². The van der Waals surface area contributed by atoms with Crippen molar-refractivity contribution in [3.05, 3.63) is 65.5 Å². The van der Waals surface area contributed by atoms with Crippen LogP contribution in [0.1, 0.15) is 42.3 Å². The molecule has 13 heteroatoms. The van der Waals surface area contributed by atoms with E-state index in [4.69, 9.17) is 10.1 Å². The van der Waals surface area contributed by atoms with E-state index in [1.807, 2.05) is 0 Å². The number of aromatic nitrogens is 6. The monoisotopic (exact) mass is 650 g/mol. The predicted octanol–water partition coefficient (Wildman–Crippen LogP) is 5.64. The zero-order valence-corrected chi connectivity index (χ0v) is 23.7. The highest BCUT2D eigenvalue weighted by atomic mass is 127. The van der Waals surface area contributed by atoms with E-state index in [0.717, 1.165) is 36.5 Å². The smallest absolute Gasteiger partial charge is 0.434 e. The van der Waals surface area contributed by atoms with Crippen LogP contribution in [-0.4, -0.2) is 42.8 Å². The van der Waals surface area contributed by atoms with Crippen LogP contribution in [-0.2, 0) is 25.2 Å². The van der Waals surface area contributed by atoms with Crippen molar-refractivity contribution in [3.63, 3.8) is 0 Å². The lowest BCUT2D eigenvalue weighted by molar-refractivity contribution is -0.140. The standard InChI is InChI=1S/C26H25F3N8O.HI/c1-25(8-9-25)20-19(24(38-3)34-14-33-20)22-32-12-17(10-30)21(36-22)31-11-15-4-6-16(7-5-15)23-35-18(13-37(23)2)26(27,28)29;/h4-7,10,12-14,30H,8-9,11H2,1-3H3,(H,31,32,36);1H. The Hall–Kier alpha value is -3.62. The molecule has 0 aliphatic heterocycles. The Morgan fingerprint density at radius 3 is 2.44 bits per heavy atom. The van der Waals surface area contributed by atoms with Crippen molar-refractivity contribution in [2.75, 3.05) is 12.4 Å². The van der Waals surface area contributed by atoms with Crippen LogP contribution in [0.25, 0.3) is 22.8 Å². The van der Waals surface area contributed by atoms with Crippen molar-refractivity contribution >= 4 is 36.0 Å². The molecule has 4 aromatic rings. The van der Waals surface area contributed by atoms with Gasteiger partial charge in [0.05, 0.1) is 18.4 Å². The lowest BCUT2D eigenvalue weighted by Crippen LogP contribution is -2.11. The number of nitrogens with one attached hydrogen (secondary N) is 2. The molecule has 5 rings (SSSR count). The maximum absolute atomic E-state index is 13.0. The van der Waals surface area contributed by atoms with E-state index >= 15 is 0 Å². The molecule has 0 spiro atoms. The van der Waals surface area contributed by atoms with Gasteiger partial charge in [0.2, 0.25) is 5.88 Å². The fourth-order valence-corrected chi connectivity index (χ4v) is 4.20. The molecule has 0 bridgehead atoms. The lowest BCUT2D eigenvalue weighted by atomic mass is 9.99. The topological polar surface area (TPSA) is 114 Å². The fraction of sp³-hybridized carbons (Fsp3) is 0.308. The minimum atomic E-state index is -4.50. The van der Waals surface area contributed by atoms with Crippen molar-refractivity contribution in [2.24, 2.45) is 7.05 Å². The summed E-state index contributed by atoms with van der Waals surface area (Å²) in [5.41, 5.74) is 2.37. The van der Waals surface area contributed by atoms with Crippen LogP contribution in [0.15, 0.2) is 43.0 Å². The molecule has 3 heterocycles. The molecule has 0 radical (unpaired) electrons. The van der Waals surface area contributed by atoms with Crippen LogP contribution in [0.3, 0.4) is 0 Å². The zero-order chi connectivity index (χ0) is 27.1. The van der Waals surface area contributed by atoms with Crippen LogP contribution in [0.4, 0.5) is 19.0 Å². The highest BCUT2D eigenvalue weighted by Gasteiger charge is 2.44. The third kappa shape index (κ3) is 5.72. The lowest BCUT2D eigenvalue weighted by Gasteiger charge is -2.16. The van der Waals surface area contributed by atoms with E-state index in [1.165, 1.54) is 25.1 Å². The molecule has 0 amide bonds. The highest BCUT2D eigenvalue weighted by Crippen LogP contribution is 2.50. The van der Waals surface area contributed by atoms with Gasteiger partial charge in [-0.3, -0.25) is 0 Å². The van der Waals surface area contributed by atoms with Gasteiger partial charge in [0.1, 0.15) is 23.5 Å². The average molecular weight is 650 g/mol. The summed E-state index contributed by atoms with van der Waals surface area (Å²) in [6.45, 7) is 2.49. The van der Waals surface area contributed by atoms with Gasteiger partial charge in [0.15, 0.2) is 11.5 Å². The van der Waals surface area contributed by atoms with Crippen molar-refractivity contribution in [2.45, 2.75) is 37.9 Å². The third-order valence-electron chi connectivity index (χ3n) is 6.61.